The van der Waals surface area contributed by atoms with Crippen LogP contribution in [0, 0.1) is 0 Å². The molecule has 0 aromatic heterocycles. The Morgan fingerprint density at radius 3 is 2.45 bits per heavy atom. The third kappa shape index (κ3) is 6.03. The predicted octanol–water partition coefficient (Wildman–Crippen LogP) is 1.13. The van der Waals surface area contributed by atoms with Crippen LogP contribution in [0.5, 0.6) is 0 Å². The van der Waals surface area contributed by atoms with Crippen LogP contribution in [0.3, 0.4) is 0 Å². The minimum Gasteiger partial charge on any atom is -0.370 e. The van der Waals surface area contributed by atoms with E-state index in [-0.39, 0.29) is 24.0 Å². The predicted molar refractivity (Wildman–Crippen MR) is 115 cm³/mol. The second kappa shape index (κ2) is 10.7. The summed E-state index contributed by atoms with van der Waals surface area (Å²) in [5.74, 6) is 0.0463. The summed E-state index contributed by atoms with van der Waals surface area (Å²) >= 11 is 6.28. The summed E-state index contributed by atoms with van der Waals surface area (Å²) in [5, 5.41) is 6.00. The lowest BCUT2D eigenvalue weighted by atomic mass is 9.98. The fraction of sp³-hybridized carbons (Fsp3) is 0.435. The highest BCUT2D eigenvalue weighted by Crippen LogP contribution is 2.19. The molecule has 1 heterocycles. The topological polar surface area (TPSA) is 59.4 Å². The Morgan fingerprint density at radius 1 is 1.10 bits per heavy atom. The first-order valence-corrected chi connectivity index (χ1v) is 10.8. The first kappa shape index (κ1) is 21.8. The number of quaternary nitrogens is 2. The van der Waals surface area contributed by atoms with Gasteiger partial charge in [-0.2, -0.15) is 0 Å². The first-order chi connectivity index (χ1) is 14.1. The van der Waals surface area contributed by atoms with Crippen molar-refractivity contribution in [1.82, 2.24) is 5.32 Å². The number of morpholine rings is 1. The van der Waals surface area contributed by atoms with Crippen LogP contribution in [0.1, 0.15) is 37.1 Å². The Kier molecular flexibility index (Phi) is 8.07. The SMILES string of the molecule is C[C@@H]([NH2+]CC(=O)N[C@H](C)[C@@H](c1ccccc1)[NH+]1CCOCC1)c1ccccc1Cl. The molecule has 1 amide bonds. The van der Waals surface area contributed by atoms with Gasteiger partial charge in [-0.25, -0.2) is 0 Å². The van der Waals surface area contributed by atoms with Crippen LogP contribution in [0.2, 0.25) is 5.02 Å². The fourth-order valence-corrected chi connectivity index (χ4v) is 4.44. The number of benzene rings is 2. The zero-order valence-corrected chi connectivity index (χ0v) is 18.0. The maximum absolute atomic E-state index is 12.7. The third-order valence-corrected chi connectivity index (χ3v) is 6.02. The lowest BCUT2D eigenvalue weighted by Crippen LogP contribution is -3.15. The Morgan fingerprint density at radius 2 is 1.76 bits per heavy atom. The summed E-state index contributed by atoms with van der Waals surface area (Å²) in [5.41, 5.74) is 2.31. The summed E-state index contributed by atoms with van der Waals surface area (Å²) in [6.45, 7) is 7.99. The number of hydrogen-bond donors (Lipinski definition) is 3. The number of carbonyl (C=O) groups excluding carboxylic acids is 1. The highest BCUT2D eigenvalue weighted by atomic mass is 35.5. The standard InChI is InChI=1S/C23H30ClN3O2/c1-17(20-10-6-7-11-21(20)24)25-16-22(28)26-18(2)23(19-8-4-3-5-9-19)27-12-14-29-15-13-27/h3-11,17-18,23,25H,12-16H2,1-2H3,(H,26,28)/p+2/t17-,18-,23+/m1/s1. The number of hydrogen-bond acceptors (Lipinski definition) is 2. The molecule has 0 spiro atoms. The molecule has 1 aliphatic heterocycles. The van der Waals surface area contributed by atoms with Gasteiger partial charge in [0.1, 0.15) is 25.2 Å². The summed E-state index contributed by atoms with van der Waals surface area (Å²) in [7, 11) is 0. The van der Waals surface area contributed by atoms with Gasteiger partial charge in [0.25, 0.3) is 5.91 Å². The number of carbonyl (C=O) groups is 1. The van der Waals surface area contributed by atoms with Crippen molar-refractivity contribution in [1.29, 1.82) is 0 Å². The van der Waals surface area contributed by atoms with Crippen LogP contribution < -0.4 is 15.5 Å². The molecule has 4 N–H and O–H groups in total. The normalized spacial score (nSPS) is 18.0. The van der Waals surface area contributed by atoms with E-state index in [0.29, 0.717) is 6.54 Å². The smallest absolute Gasteiger partial charge is 0.275 e. The van der Waals surface area contributed by atoms with Crippen LogP contribution >= 0.6 is 11.6 Å². The van der Waals surface area contributed by atoms with Gasteiger partial charge in [0, 0.05) is 16.1 Å². The van der Waals surface area contributed by atoms with Gasteiger partial charge in [0.15, 0.2) is 6.54 Å². The maximum atomic E-state index is 12.7. The molecule has 5 nitrogen and oxygen atoms in total. The largest absolute Gasteiger partial charge is 0.370 e. The minimum absolute atomic E-state index is 0.0296. The second-order valence-corrected chi connectivity index (χ2v) is 8.17. The Balaban J connectivity index is 1.60. The van der Waals surface area contributed by atoms with Crippen LogP contribution in [0.25, 0.3) is 0 Å². The Bertz CT molecular complexity index is 781. The van der Waals surface area contributed by atoms with E-state index in [2.05, 4.69) is 43.4 Å². The fourth-order valence-electron chi connectivity index (χ4n) is 4.13. The van der Waals surface area contributed by atoms with Gasteiger partial charge in [0.05, 0.1) is 19.3 Å². The van der Waals surface area contributed by atoms with Gasteiger partial charge in [-0.3, -0.25) is 4.79 Å². The van der Waals surface area contributed by atoms with Gasteiger partial charge >= 0.3 is 0 Å². The molecule has 0 aliphatic carbocycles. The summed E-state index contributed by atoms with van der Waals surface area (Å²) in [6, 6.07) is 18.6. The third-order valence-electron chi connectivity index (χ3n) is 5.67. The first-order valence-electron chi connectivity index (χ1n) is 10.4. The molecule has 0 bridgehead atoms. The van der Waals surface area contributed by atoms with Crippen LogP contribution in [0.4, 0.5) is 0 Å². The van der Waals surface area contributed by atoms with E-state index < -0.39 is 0 Å². The molecule has 2 aromatic rings. The molecule has 0 unspecified atom stereocenters. The van der Waals surface area contributed by atoms with Gasteiger partial charge in [-0.05, 0) is 19.9 Å². The van der Waals surface area contributed by atoms with Gasteiger partial charge < -0.3 is 20.3 Å². The van der Waals surface area contributed by atoms with Crippen molar-refractivity contribution in [2.24, 2.45) is 0 Å². The van der Waals surface area contributed by atoms with Crippen molar-refractivity contribution in [3.8, 4) is 0 Å². The number of rotatable bonds is 8. The highest BCUT2D eigenvalue weighted by molar-refractivity contribution is 6.31. The van der Waals surface area contributed by atoms with E-state index in [1.54, 1.807) is 0 Å². The van der Waals surface area contributed by atoms with Gasteiger partial charge in [-0.1, -0.05) is 60.1 Å². The molecule has 1 aliphatic rings. The Labute approximate surface area is 178 Å². The molecule has 2 aromatic carbocycles. The van der Waals surface area contributed by atoms with E-state index in [9.17, 15) is 4.79 Å². The molecule has 1 fully saturated rings. The summed E-state index contributed by atoms with van der Waals surface area (Å²) in [4.78, 5) is 14.1. The number of nitrogens with one attached hydrogen (secondary N) is 2. The molecule has 1 saturated heterocycles. The van der Waals surface area contributed by atoms with Crippen molar-refractivity contribution in [3.05, 3.63) is 70.7 Å². The van der Waals surface area contributed by atoms with Crippen molar-refractivity contribution in [2.45, 2.75) is 32.0 Å². The number of nitrogens with two attached hydrogens (primary N) is 1. The van der Waals surface area contributed by atoms with Crippen molar-refractivity contribution in [2.75, 3.05) is 32.8 Å². The Hall–Kier alpha value is -1.92. The van der Waals surface area contributed by atoms with Crippen molar-refractivity contribution >= 4 is 17.5 Å². The quantitative estimate of drug-likeness (QED) is 0.603. The van der Waals surface area contributed by atoms with E-state index in [4.69, 9.17) is 16.3 Å². The second-order valence-electron chi connectivity index (χ2n) is 7.77. The number of ether oxygens (including phenoxy) is 1. The molecular formula is C23H32ClN3O2+2. The van der Waals surface area contributed by atoms with E-state index in [0.717, 1.165) is 36.9 Å². The molecule has 29 heavy (non-hydrogen) atoms. The van der Waals surface area contributed by atoms with E-state index in [1.807, 2.05) is 35.6 Å². The number of halogens is 1. The van der Waals surface area contributed by atoms with Crippen LogP contribution in [-0.2, 0) is 9.53 Å². The van der Waals surface area contributed by atoms with Gasteiger partial charge in [-0.15, -0.1) is 0 Å². The summed E-state index contributed by atoms with van der Waals surface area (Å²) in [6.07, 6.45) is 0. The molecular weight excluding hydrogens is 386 g/mol. The number of amides is 1. The molecule has 3 rings (SSSR count). The molecule has 0 radical (unpaired) electrons. The van der Waals surface area contributed by atoms with Crippen molar-refractivity contribution in [3.63, 3.8) is 0 Å². The molecule has 0 saturated carbocycles. The zero-order chi connectivity index (χ0) is 20.6. The highest BCUT2D eigenvalue weighted by Gasteiger charge is 2.32. The van der Waals surface area contributed by atoms with Crippen LogP contribution in [0.15, 0.2) is 54.6 Å². The average molecular weight is 418 g/mol. The van der Waals surface area contributed by atoms with Crippen LogP contribution in [-0.4, -0.2) is 44.8 Å². The lowest BCUT2D eigenvalue weighted by molar-refractivity contribution is -0.940. The average Bonchev–Trinajstić information content (AvgIpc) is 2.74. The molecule has 156 valence electrons. The molecule has 3 atom stereocenters. The lowest BCUT2D eigenvalue weighted by Gasteiger charge is -2.35. The van der Waals surface area contributed by atoms with E-state index >= 15 is 0 Å². The molecule has 6 heteroatoms. The van der Waals surface area contributed by atoms with E-state index in [1.165, 1.54) is 10.5 Å². The monoisotopic (exact) mass is 417 g/mol. The zero-order valence-electron chi connectivity index (χ0n) is 17.2. The summed E-state index contributed by atoms with van der Waals surface area (Å²) < 4.78 is 5.54. The maximum Gasteiger partial charge on any atom is 0.275 e. The minimum atomic E-state index is 0.0296. The van der Waals surface area contributed by atoms with Crippen molar-refractivity contribution < 1.29 is 19.7 Å². The van der Waals surface area contributed by atoms with Gasteiger partial charge in [0.2, 0.25) is 0 Å².